The van der Waals surface area contributed by atoms with E-state index in [-0.39, 0.29) is 48.8 Å². The molecular formula is C31H38N4O6S. The zero-order valence-corrected chi connectivity index (χ0v) is 25.7. The van der Waals surface area contributed by atoms with E-state index >= 15 is 0 Å². The minimum atomic E-state index is -3.92. The van der Waals surface area contributed by atoms with E-state index in [0.29, 0.717) is 11.4 Å². The summed E-state index contributed by atoms with van der Waals surface area (Å²) in [4.78, 5) is 16.2. The third-order valence-electron chi connectivity index (χ3n) is 8.30. The van der Waals surface area contributed by atoms with Crippen LogP contribution in [0.5, 0.6) is 0 Å². The van der Waals surface area contributed by atoms with Crippen LogP contribution in [0.3, 0.4) is 0 Å². The normalized spacial score (nSPS) is 19.0. The molecule has 0 spiro atoms. The van der Waals surface area contributed by atoms with Crippen molar-refractivity contribution in [3.63, 3.8) is 0 Å². The molecule has 224 valence electrons. The topological polar surface area (TPSA) is 118 Å². The van der Waals surface area contributed by atoms with Gasteiger partial charge in [0.05, 0.1) is 25.4 Å². The van der Waals surface area contributed by atoms with Crippen LogP contribution in [0, 0.1) is 19.8 Å². The number of aryl methyl sites for hydroxylation is 3. The van der Waals surface area contributed by atoms with Gasteiger partial charge in [-0.25, -0.2) is 8.42 Å². The number of rotatable bonds is 6. The first-order chi connectivity index (χ1) is 20.0. The first-order valence-electron chi connectivity index (χ1n) is 14.1. The lowest BCUT2D eigenvalue weighted by Gasteiger charge is -2.34. The fourth-order valence-corrected chi connectivity index (χ4v) is 7.34. The standard InChI is InChI=1S/C31H38N4O6S/c1-19-15-35(20(2)17-36)31(37)29-28(25-13-9-10-14-26(25)34(29)6)24-12-8-7-11-23(24)18-40-27(19)16-33(5)42(38,39)30-21(3)32-41-22(30)4/h7-14,19-20,27,36H,15-18H2,1-6H3/t19-,20+,27-/m0/s1. The molecule has 0 unspecified atom stereocenters. The molecule has 10 nitrogen and oxygen atoms in total. The molecule has 0 saturated heterocycles. The third-order valence-corrected chi connectivity index (χ3v) is 10.4. The van der Waals surface area contributed by atoms with Gasteiger partial charge in [-0.1, -0.05) is 54.5 Å². The Labute approximate surface area is 246 Å². The number of para-hydroxylation sites is 1. The van der Waals surface area contributed by atoms with Crippen molar-refractivity contribution in [2.45, 2.75) is 51.3 Å². The summed E-state index contributed by atoms with van der Waals surface area (Å²) in [7, 11) is -0.521. The summed E-state index contributed by atoms with van der Waals surface area (Å²) in [6.45, 7) is 7.22. The van der Waals surface area contributed by atoms with Crippen LogP contribution in [0.25, 0.3) is 22.0 Å². The van der Waals surface area contributed by atoms with Crippen molar-refractivity contribution in [2.75, 3.05) is 26.7 Å². The van der Waals surface area contributed by atoms with Gasteiger partial charge in [-0.3, -0.25) is 4.79 Å². The van der Waals surface area contributed by atoms with Crippen molar-refractivity contribution >= 4 is 26.8 Å². The second kappa shape index (κ2) is 11.6. The van der Waals surface area contributed by atoms with Crippen molar-refractivity contribution in [1.82, 2.24) is 18.9 Å². The number of hydrogen-bond acceptors (Lipinski definition) is 7. The predicted octanol–water partition coefficient (Wildman–Crippen LogP) is 4.13. The fourth-order valence-electron chi connectivity index (χ4n) is 5.88. The minimum absolute atomic E-state index is 0.0428. The number of aromatic nitrogens is 2. The van der Waals surface area contributed by atoms with Crippen molar-refractivity contribution in [2.24, 2.45) is 13.0 Å². The van der Waals surface area contributed by atoms with Gasteiger partial charge in [0, 0.05) is 49.6 Å². The number of carbonyl (C=O) groups excluding carboxylic acids is 1. The number of hydrogen-bond donors (Lipinski definition) is 1. The van der Waals surface area contributed by atoms with Crippen LogP contribution in [-0.4, -0.2) is 77.3 Å². The predicted molar refractivity (Wildman–Crippen MR) is 159 cm³/mol. The zero-order valence-electron chi connectivity index (χ0n) is 24.9. The number of nitrogens with zero attached hydrogens (tertiary/aromatic N) is 4. The van der Waals surface area contributed by atoms with E-state index in [1.54, 1.807) is 18.7 Å². The molecule has 2 aromatic carbocycles. The van der Waals surface area contributed by atoms with Crippen LogP contribution >= 0.6 is 0 Å². The second-order valence-corrected chi connectivity index (χ2v) is 13.2. The van der Waals surface area contributed by atoms with Gasteiger partial charge in [-0.15, -0.1) is 0 Å². The van der Waals surface area contributed by atoms with Gasteiger partial charge >= 0.3 is 0 Å². The second-order valence-electron chi connectivity index (χ2n) is 11.2. The lowest BCUT2D eigenvalue weighted by atomic mass is 9.96. The minimum Gasteiger partial charge on any atom is -0.394 e. The SMILES string of the molecule is Cc1noc(C)c1S(=O)(=O)N(C)C[C@@H]1OCc2ccccc2-c2c(n(C)c3ccccc23)C(=O)N([C@H](C)CO)C[C@@H]1C. The highest BCUT2D eigenvalue weighted by Crippen LogP contribution is 2.38. The summed E-state index contributed by atoms with van der Waals surface area (Å²) in [6, 6.07) is 15.3. The molecule has 3 atom stereocenters. The van der Waals surface area contributed by atoms with Crippen LogP contribution in [0.4, 0.5) is 0 Å². The van der Waals surface area contributed by atoms with E-state index in [9.17, 15) is 18.3 Å². The lowest BCUT2D eigenvalue weighted by molar-refractivity contribution is -0.0147. The first kappa shape index (κ1) is 30.0. The molecule has 5 rings (SSSR count). The molecule has 0 bridgehead atoms. The summed E-state index contributed by atoms with van der Waals surface area (Å²) in [5.41, 5.74) is 4.34. The fraction of sp³-hybridized carbons (Fsp3) is 0.419. The number of fused-ring (bicyclic) bond motifs is 5. The van der Waals surface area contributed by atoms with Gasteiger partial charge in [0.1, 0.15) is 16.3 Å². The molecule has 1 aliphatic heterocycles. The van der Waals surface area contributed by atoms with E-state index in [1.807, 2.05) is 74.0 Å². The van der Waals surface area contributed by atoms with Gasteiger partial charge in [0.2, 0.25) is 10.0 Å². The van der Waals surface area contributed by atoms with E-state index < -0.39 is 22.2 Å². The molecule has 0 fully saturated rings. The Bertz CT molecular complexity index is 1710. The number of amides is 1. The third kappa shape index (κ3) is 5.15. The number of aliphatic hydroxyl groups excluding tert-OH is 1. The average molecular weight is 595 g/mol. The Hall–Kier alpha value is -3.51. The molecule has 3 heterocycles. The molecule has 0 radical (unpaired) electrons. The zero-order chi connectivity index (χ0) is 30.3. The molecule has 0 aliphatic carbocycles. The molecular weight excluding hydrogens is 556 g/mol. The van der Waals surface area contributed by atoms with Gasteiger partial charge < -0.3 is 23.8 Å². The monoisotopic (exact) mass is 594 g/mol. The number of sulfonamides is 1. The summed E-state index contributed by atoms with van der Waals surface area (Å²) < 4.78 is 42.0. The Kier molecular flexibility index (Phi) is 8.30. The maximum absolute atomic E-state index is 14.5. The molecule has 11 heteroatoms. The van der Waals surface area contributed by atoms with Gasteiger partial charge in [0.15, 0.2) is 5.76 Å². The number of ether oxygens (including phenoxy) is 1. The first-order valence-corrected chi connectivity index (χ1v) is 15.5. The van der Waals surface area contributed by atoms with Crippen LogP contribution in [0.2, 0.25) is 0 Å². The van der Waals surface area contributed by atoms with Crippen molar-refractivity contribution in [1.29, 1.82) is 0 Å². The van der Waals surface area contributed by atoms with Gasteiger partial charge in [0.25, 0.3) is 5.91 Å². The van der Waals surface area contributed by atoms with Crippen LogP contribution in [0.1, 0.15) is 41.4 Å². The quantitative estimate of drug-likeness (QED) is 0.357. The van der Waals surface area contributed by atoms with Gasteiger partial charge in [-0.05, 0) is 38.0 Å². The smallest absolute Gasteiger partial charge is 0.271 e. The summed E-state index contributed by atoms with van der Waals surface area (Å²) in [5.74, 6) is -0.263. The number of likely N-dealkylation sites (N-methyl/N-ethyl adjacent to an activating group) is 1. The Balaban J connectivity index is 1.62. The van der Waals surface area contributed by atoms with Crippen LogP contribution in [-0.2, 0) is 28.4 Å². The summed E-state index contributed by atoms with van der Waals surface area (Å²) >= 11 is 0. The highest BCUT2D eigenvalue weighted by molar-refractivity contribution is 7.89. The maximum Gasteiger partial charge on any atom is 0.271 e. The van der Waals surface area contributed by atoms with Crippen molar-refractivity contribution < 1.29 is 27.6 Å². The highest BCUT2D eigenvalue weighted by atomic mass is 32.2. The van der Waals surface area contributed by atoms with E-state index in [2.05, 4.69) is 5.16 Å². The van der Waals surface area contributed by atoms with E-state index in [4.69, 9.17) is 9.26 Å². The van der Waals surface area contributed by atoms with Crippen molar-refractivity contribution in [3.05, 3.63) is 71.2 Å². The Morgan fingerprint density at radius 1 is 1.14 bits per heavy atom. The largest absolute Gasteiger partial charge is 0.394 e. The Morgan fingerprint density at radius 3 is 2.52 bits per heavy atom. The van der Waals surface area contributed by atoms with E-state index in [1.165, 1.54) is 11.4 Å². The lowest BCUT2D eigenvalue weighted by Crippen LogP contribution is -2.48. The van der Waals surface area contributed by atoms with Crippen molar-refractivity contribution in [3.8, 4) is 11.1 Å². The molecule has 2 aromatic heterocycles. The number of benzene rings is 2. The number of carbonyl (C=O) groups is 1. The van der Waals surface area contributed by atoms with Crippen LogP contribution < -0.4 is 0 Å². The molecule has 0 saturated carbocycles. The average Bonchev–Trinajstić information content (AvgIpc) is 3.47. The highest BCUT2D eigenvalue weighted by Gasteiger charge is 2.36. The maximum atomic E-state index is 14.5. The van der Waals surface area contributed by atoms with Crippen LogP contribution in [0.15, 0.2) is 57.9 Å². The van der Waals surface area contributed by atoms with Gasteiger partial charge in [-0.2, -0.15) is 4.31 Å². The summed E-state index contributed by atoms with van der Waals surface area (Å²) in [6.07, 6.45) is -0.572. The molecule has 42 heavy (non-hydrogen) atoms. The number of aliphatic hydroxyl groups is 1. The van der Waals surface area contributed by atoms with E-state index in [0.717, 1.165) is 27.6 Å². The molecule has 1 N–H and O–H groups in total. The summed E-state index contributed by atoms with van der Waals surface area (Å²) in [5, 5.41) is 15.0. The molecule has 1 amide bonds. The molecule has 4 aromatic rings. The molecule has 1 aliphatic rings. The Morgan fingerprint density at radius 2 is 1.83 bits per heavy atom.